The molecule has 3 rings (SSSR count). The molecule has 0 amide bonds. The smallest absolute Gasteiger partial charge is 0.249 e. The van der Waals surface area contributed by atoms with Crippen LogP contribution in [-0.4, -0.2) is 30.7 Å². The van der Waals surface area contributed by atoms with E-state index in [1.807, 2.05) is 0 Å². The predicted octanol–water partition coefficient (Wildman–Crippen LogP) is 1.93. The van der Waals surface area contributed by atoms with Gasteiger partial charge in [-0.1, -0.05) is 6.07 Å². The molecule has 0 radical (unpaired) electrons. The van der Waals surface area contributed by atoms with E-state index in [0.717, 1.165) is 5.56 Å². The van der Waals surface area contributed by atoms with Gasteiger partial charge >= 0.3 is 0 Å². The highest BCUT2D eigenvalue weighted by Gasteiger charge is 2.20. The van der Waals surface area contributed by atoms with Crippen molar-refractivity contribution >= 4 is 10.0 Å². The molecule has 0 bridgehead atoms. The van der Waals surface area contributed by atoms with Gasteiger partial charge in [0.25, 0.3) is 0 Å². The van der Waals surface area contributed by atoms with Crippen molar-refractivity contribution in [1.29, 1.82) is 0 Å². The summed E-state index contributed by atoms with van der Waals surface area (Å²) in [5, 5.41) is 7.74. The molecule has 2 heterocycles. The minimum atomic E-state index is -3.79. The zero-order chi connectivity index (χ0) is 17.9. The number of nitrogens with one attached hydrogen (secondary N) is 1. The first-order chi connectivity index (χ1) is 12.0. The van der Waals surface area contributed by atoms with Crippen molar-refractivity contribution in [1.82, 2.24) is 19.9 Å². The fraction of sp³-hybridized carbons (Fsp3) is 0.188. The second-order valence-corrected chi connectivity index (χ2v) is 6.96. The Morgan fingerprint density at radius 1 is 1.24 bits per heavy atom. The number of hydrogen-bond acceptors (Lipinski definition) is 7. The lowest BCUT2D eigenvalue weighted by molar-refractivity contribution is 0.402. The first-order valence-electron chi connectivity index (χ1n) is 7.36. The van der Waals surface area contributed by atoms with Gasteiger partial charge in [0.2, 0.25) is 21.8 Å². The highest BCUT2D eigenvalue weighted by atomic mass is 32.2. The van der Waals surface area contributed by atoms with Gasteiger partial charge < -0.3 is 9.15 Å². The molecule has 0 spiro atoms. The molecule has 8 nitrogen and oxygen atoms in total. The monoisotopic (exact) mass is 360 g/mol. The Morgan fingerprint density at radius 2 is 2.08 bits per heavy atom. The molecule has 0 saturated carbocycles. The minimum Gasteiger partial charge on any atom is -0.495 e. The quantitative estimate of drug-likeness (QED) is 0.715. The van der Waals surface area contributed by atoms with Crippen molar-refractivity contribution in [3.8, 4) is 17.2 Å². The number of sulfonamides is 1. The summed E-state index contributed by atoms with van der Waals surface area (Å²) < 4.78 is 38.1. The SMILES string of the molecule is COc1ccc(C)cc1S(=O)(=O)NCc1nnc(-c2cccnc2)o1. The average molecular weight is 360 g/mol. The maximum absolute atomic E-state index is 12.5. The van der Waals surface area contributed by atoms with E-state index in [-0.39, 0.29) is 29.0 Å². The zero-order valence-electron chi connectivity index (χ0n) is 13.6. The molecule has 9 heteroatoms. The van der Waals surface area contributed by atoms with E-state index in [4.69, 9.17) is 9.15 Å². The molecule has 0 saturated heterocycles. The molecule has 3 aromatic rings. The Hall–Kier alpha value is -2.78. The van der Waals surface area contributed by atoms with Crippen LogP contribution in [0.5, 0.6) is 5.75 Å². The third-order valence-corrected chi connectivity index (χ3v) is 4.82. The molecule has 0 atom stereocenters. The summed E-state index contributed by atoms with van der Waals surface area (Å²) in [6.45, 7) is 1.67. The van der Waals surface area contributed by atoms with Gasteiger partial charge in [-0.3, -0.25) is 4.98 Å². The van der Waals surface area contributed by atoms with Crippen molar-refractivity contribution in [3.05, 3.63) is 54.2 Å². The van der Waals surface area contributed by atoms with Crippen LogP contribution < -0.4 is 9.46 Å². The molecule has 130 valence electrons. The van der Waals surface area contributed by atoms with Crippen LogP contribution in [-0.2, 0) is 16.6 Å². The summed E-state index contributed by atoms with van der Waals surface area (Å²) in [7, 11) is -2.38. The van der Waals surface area contributed by atoms with Crippen molar-refractivity contribution in [2.45, 2.75) is 18.4 Å². The number of rotatable bonds is 6. The number of aryl methyl sites for hydroxylation is 1. The molecule has 0 aliphatic carbocycles. The lowest BCUT2D eigenvalue weighted by Crippen LogP contribution is -2.24. The largest absolute Gasteiger partial charge is 0.495 e. The van der Waals surface area contributed by atoms with Crippen LogP contribution in [0.25, 0.3) is 11.5 Å². The fourth-order valence-electron chi connectivity index (χ4n) is 2.16. The van der Waals surface area contributed by atoms with E-state index in [1.54, 1.807) is 43.6 Å². The predicted molar refractivity (Wildman–Crippen MR) is 89.3 cm³/mol. The molecule has 1 N–H and O–H groups in total. The topological polar surface area (TPSA) is 107 Å². The molecule has 0 unspecified atom stereocenters. The zero-order valence-corrected chi connectivity index (χ0v) is 14.4. The summed E-state index contributed by atoms with van der Waals surface area (Å²) in [6, 6.07) is 8.43. The van der Waals surface area contributed by atoms with Gasteiger partial charge in [0.05, 0.1) is 19.2 Å². The van der Waals surface area contributed by atoms with Crippen molar-refractivity contribution in [2.75, 3.05) is 7.11 Å². The molecule has 2 aromatic heterocycles. The van der Waals surface area contributed by atoms with Gasteiger partial charge in [-0.2, -0.15) is 0 Å². The lowest BCUT2D eigenvalue weighted by atomic mass is 10.2. The molecule has 0 aliphatic rings. The Kier molecular flexibility index (Phi) is 4.77. The third kappa shape index (κ3) is 3.83. The van der Waals surface area contributed by atoms with Gasteiger partial charge in [-0.15, -0.1) is 10.2 Å². The Morgan fingerprint density at radius 3 is 2.80 bits per heavy atom. The maximum Gasteiger partial charge on any atom is 0.249 e. The second-order valence-electron chi connectivity index (χ2n) is 5.22. The van der Waals surface area contributed by atoms with E-state index in [9.17, 15) is 8.42 Å². The van der Waals surface area contributed by atoms with E-state index in [0.29, 0.717) is 5.56 Å². The molecule has 25 heavy (non-hydrogen) atoms. The first-order valence-corrected chi connectivity index (χ1v) is 8.85. The van der Waals surface area contributed by atoms with Crippen molar-refractivity contribution < 1.29 is 17.6 Å². The summed E-state index contributed by atoms with van der Waals surface area (Å²) in [4.78, 5) is 4.03. The first kappa shape index (κ1) is 17.1. The maximum atomic E-state index is 12.5. The molecular formula is C16H16N4O4S. The van der Waals surface area contributed by atoms with Gasteiger partial charge in [-0.25, -0.2) is 13.1 Å². The molecule has 0 fully saturated rings. The second kappa shape index (κ2) is 6.99. The Balaban J connectivity index is 1.77. The Bertz CT molecular complexity index is 971. The number of methoxy groups -OCH3 is 1. The van der Waals surface area contributed by atoms with E-state index < -0.39 is 10.0 Å². The highest BCUT2D eigenvalue weighted by Crippen LogP contribution is 2.24. The third-order valence-electron chi connectivity index (χ3n) is 3.40. The van der Waals surface area contributed by atoms with Crippen LogP contribution in [0.2, 0.25) is 0 Å². The van der Waals surface area contributed by atoms with Crippen LogP contribution in [0.15, 0.2) is 52.0 Å². The molecule has 1 aromatic carbocycles. The van der Waals surface area contributed by atoms with Crippen LogP contribution >= 0.6 is 0 Å². The van der Waals surface area contributed by atoms with Gasteiger partial charge in [0.15, 0.2) is 0 Å². The van der Waals surface area contributed by atoms with E-state index in [1.165, 1.54) is 13.2 Å². The summed E-state index contributed by atoms with van der Waals surface area (Å²) in [5.41, 5.74) is 1.46. The van der Waals surface area contributed by atoms with Crippen LogP contribution in [0.4, 0.5) is 0 Å². The summed E-state index contributed by atoms with van der Waals surface area (Å²) >= 11 is 0. The normalized spacial score (nSPS) is 11.4. The van der Waals surface area contributed by atoms with E-state index >= 15 is 0 Å². The van der Waals surface area contributed by atoms with Crippen molar-refractivity contribution in [2.24, 2.45) is 0 Å². The van der Waals surface area contributed by atoms with Crippen LogP contribution in [0.3, 0.4) is 0 Å². The average Bonchev–Trinajstić information content (AvgIpc) is 3.10. The van der Waals surface area contributed by atoms with Crippen LogP contribution in [0, 0.1) is 6.92 Å². The lowest BCUT2D eigenvalue weighted by Gasteiger charge is -2.10. The number of pyridine rings is 1. The van der Waals surface area contributed by atoms with Gasteiger partial charge in [0.1, 0.15) is 10.6 Å². The number of aromatic nitrogens is 3. The number of benzene rings is 1. The summed E-state index contributed by atoms with van der Waals surface area (Å²) in [6.07, 6.45) is 3.21. The van der Waals surface area contributed by atoms with E-state index in [2.05, 4.69) is 19.9 Å². The van der Waals surface area contributed by atoms with Crippen molar-refractivity contribution in [3.63, 3.8) is 0 Å². The van der Waals surface area contributed by atoms with Gasteiger partial charge in [0, 0.05) is 12.4 Å². The Labute approximate surface area is 144 Å². The number of hydrogen-bond donors (Lipinski definition) is 1. The highest BCUT2D eigenvalue weighted by molar-refractivity contribution is 7.89. The molecular weight excluding hydrogens is 344 g/mol. The standard InChI is InChI=1S/C16H16N4O4S/c1-11-5-6-13(23-2)14(8-11)25(21,22)18-10-15-19-20-16(24-15)12-4-3-7-17-9-12/h3-9,18H,10H2,1-2H3. The minimum absolute atomic E-state index is 0.0574. The number of ether oxygens (including phenoxy) is 1. The van der Waals surface area contributed by atoms with Gasteiger partial charge in [-0.05, 0) is 36.8 Å². The number of nitrogens with zero attached hydrogens (tertiary/aromatic N) is 3. The summed E-state index contributed by atoms with van der Waals surface area (Å²) in [5.74, 6) is 0.684. The fourth-order valence-corrected chi connectivity index (χ4v) is 3.39. The van der Waals surface area contributed by atoms with Crippen LogP contribution in [0.1, 0.15) is 11.5 Å². The molecule has 0 aliphatic heterocycles.